The van der Waals surface area contributed by atoms with Crippen LogP contribution in [0.2, 0.25) is 0 Å². The molecule has 12 heteroatoms. The highest BCUT2D eigenvalue weighted by Crippen LogP contribution is 2.60. The third-order valence-electron chi connectivity index (χ3n) is 13.9. The number of hydrogen-bond donors (Lipinski definition) is 2. The van der Waals surface area contributed by atoms with Gasteiger partial charge in [0.25, 0.3) is 0 Å². The van der Waals surface area contributed by atoms with Gasteiger partial charge in [-0.25, -0.2) is 4.79 Å². The fraction of sp³-hybridized carbons (Fsp3) is 0.833. The van der Waals surface area contributed by atoms with Crippen molar-refractivity contribution in [1.29, 1.82) is 0 Å². The molecule has 2 N–H and O–H groups in total. The maximum atomic E-state index is 14.1. The van der Waals surface area contributed by atoms with E-state index in [0.29, 0.717) is 71.1 Å². The molecule has 2 bridgehead atoms. The van der Waals surface area contributed by atoms with Gasteiger partial charge in [-0.2, -0.15) is 0 Å². The molecule has 7 rings (SSSR count). The van der Waals surface area contributed by atoms with E-state index >= 15 is 0 Å². The van der Waals surface area contributed by atoms with E-state index in [1.807, 2.05) is 20.8 Å². The van der Waals surface area contributed by atoms with Crippen molar-refractivity contribution in [2.75, 3.05) is 33.4 Å². The molecule has 3 heterocycles. The van der Waals surface area contributed by atoms with Crippen LogP contribution < -0.4 is 10.6 Å². The Morgan fingerprint density at radius 3 is 2.17 bits per heavy atom. The van der Waals surface area contributed by atoms with Crippen molar-refractivity contribution in [2.45, 2.75) is 167 Å². The molecule has 302 valence electrons. The first-order valence-electron chi connectivity index (χ1n) is 20.6. The maximum Gasteiger partial charge on any atom is 0.328 e. The van der Waals surface area contributed by atoms with Crippen LogP contribution in [0, 0.1) is 22.2 Å². The molecule has 3 saturated heterocycles. The van der Waals surface area contributed by atoms with Crippen LogP contribution in [0.4, 0.5) is 0 Å². The highest BCUT2D eigenvalue weighted by atomic mass is 16.6. The second-order valence-corrected chi connectivity index (χ2v) is 18.7. The zero-order valence-corrected chi connectivity index (χ0v) is 33.8. The smallest absolute Gasteiger partial charge is 0.328 e. The van der Waals surface area contributed by atoms with Crippen LogP contribution in [0.3, 0.4) is 0 Å². The summed E-state index contributed by atoms with van der Waals surface area (Å²) in [6.07, 6.45) is 10.7. The Bertz CT molecular complexity index is 1470. The quantitative estimate of drug-likeness (QED) is 0.102. The molecule has 1 unspecified atom stereocenters. The lowest BCUT2D eigenvalue weighted by Crippen LogP contribution is -2.62. The number of epoxide rings is 2. The van der Waals surface area contributed by atoms with Gasteiger partial charge in [-0.05, 0) is 97.8 Å². The van der Waals surface area contributed by atoms with E-state index in [-0.39, 0.29) is 78.3 Å². The lowest BCUT2D eigenvalue weighted by Gasteiger charge is -2.52. The van der Waals surface area contributed by atoms with E-state index in [9.17, 15) is 24.0 Å². The van der Waals surface area contributed by atoms with Crippen LogP contribution in [0.5, 0.6) is 0 Å². The molecule has 54 heavy (non-hydrogen) atoms. The Hall–Kier alpha value is -2.83. The average Bonchev–Trinajstić information content (AvgIpc) is 4.00. The van der Waals surface area contributed by atoms with Crippen molar-refractivity contribution in [3.05, 3.63) is 11.6 Å². The molecule has 7 atom stereocenters. The lowest BCUT2D eigenvalue weighted by atomic mass is 9.53. The highest BCUT2D eigenvalue weighted by molar-refractivity contribution is 5.90. The number of nitrogens with one attached hydrogen (secondary N) is 2. The first-order valence-corrected chi connectivity index (χ1v) is 20.6. The van der Waals surface area contributed by atoms with Crippen molar-refractivity contribution in [1.82, 2.24) is 15.5 Å². The molecule has 12 nitrogen and oxygen atoms in total. The number of ketones is 1. The molecule has 1 spiro atoms. The van der Waals surface area contributed by atoms with Gasteiger partial charge in [-0.15, -0.1) is 0 Å². The minimum absolute atomic E-state index is 0.0181. The van der Waals surface area contributed by atoms with Crippen molar-refractivity contribution in [3.8, 4) is 0 Å². The van der Waals surface area contributed by atoms with E-state index < -0.39 is 28.3 Å². The summed E-state index contributed by atoms with van der Waals surface area (Å²) in [6.45, 7) is 13.6. The molecular weight excluding hydrogens is 690 g/mol. The van der Waals surface area contributed by atoms with E-state index in [4.69, 9.17) is 18.9 Å². The van der Waals surface area contributed by atoms with Crippen LogP contribution >= 0.6 is 0 Å². The van der Waals surface area contributed by atoms with Gasteiger partial charge in [-0.3, -0.25) is 19.2 Å². The number of esters is 1. The molecule has 4 aliphatic carbocycles. The molecule has 0 aromatic carbocycles. The van der Waals surface area contributed by atoms with Crippen molar-refractivity contribution >= 4 is 29.5 Å². The first-order chi connectivity index (χ1) is 25.5. The standard InChI is InChI=1S/C42H65N3O9/c1-27(2)11-13-31-39(6,54-31)34-33(51-7)28(15-16-42(34)26-53-42)44-37(50)41-20-17-40(18-21-41,19-22-41)36(49)43-23-9-25-52-35(48)29-10-8-24-45(29)32(47)14-12-30(46)38(3,4)5/h11,28-29,31,33-34H,8-10,12-26H2,1-7H3,(H,43,49)(H,44,50)/t28-,29?,31-,33-,34-,39-,40?,41?,42+/m1/s1. The molecule has 0 aromatic rings. The topological polar surface area (TPSA) is 156 Å². The summed E-state index contributed by atoms with van der Waals surface area (Å²) in [7, 11) is 1.73. The van der Waals surface area contributed by atoms with Crippen molar-refractivity contribution in [2.24, 2.45) is 22.2 Å². The summed E-state index contributed by atoms with van der Waals surface area (Å²) in [5.41, 5.74) is -0.783. The molecule has 0 radical (unpaired) electrons. The minimum atomic E-state index is -0.623. The number of amides is 3. The largest absolute Gasteiger partial charge is 0.464 e. The summed E-state index contributed by atoms with van der Waals surface area (Å²) in [5.74, 6) is -0.462. The molecule has 7 fully saturated rings. The number of allylic oxidation sites excluding steroid dienone is 1. The van der Waals surface area contributed by atoms with Crippen LogP contribution in [-0.2, 0) is 42.9 Å². The molecule has 7 aliphatic rings. The maximum absolute atomic E-state index is 14.1. The molecule has 0 aromatic heterocycles. The van der Waals surface area contributed by atoms with Gasteiger partial charge in [0.05, 0.1) is 37.1 Å². The Morgan fingerprint density at radius 2 is 1.57 bits per heavy atom. The fourth-order valence-corrected chi connectivity index (χ4v) is 10.1. The SMILES string of the molecule is CO[C@@H]1[C@H](NC(=O)C23CCC(C(=O)NCCCOC(=O)C4CCCN4C(=O)CCC(=O)C(C)(C)C)(CC2)CC3)CC[C@]2(CO2)[C@H]1[C@]1(C)O[C@@H]1CC=C(C)C. The van der Waals surface area contributed by atoms with Gasteiger partial charge in [0.15, 0.2) is 0 Å². The van der Waals surface area contributed by atoms with E-state index in [1.165, 1.54) is 5.57 Å². The van der Waals surface area contributed by atoms with Crippen LogP contribution in [0.1, 0.15) is 131 Å². The summed E-state index contributed by atoms with van der Waals surface area (Å²) in [6, 6.07) is -0.754. The van der Waals surface area contributed by atoms with Crippen molar-refractivity contribution < 1.29 is 42.9 Å². The molecule has 3 aliphatic heterocycles. The monoisotopic (exact) mass is 755 g/mol. The Labute approximate surface area is 321 Å². The number of ether oxygens (including phenoxy) is 4. The fourth-order valence-electron chi connectivity index (χ4n) is 10.1. The number of Topliss-reactive ketones (excluding diaryl/α,β-unsaturated/α-hetero) is 1. The molecular formula is C42H65N3O9. The predicted molar refractivity (Wildman–Crippen MR) is 201 cm³/mol. The van der Waals surface area contributed by atoms with Gasteiger partial charge in [-0.1, -0.05) is 32.4 Å². The Morgan fingerprint density at radius 1 is 0.926 bits per heavy atom. The molecule has 4 saturated carbocycles. The van der Waals surface area contributed by atoms with Crippen LogP contribution in [0.15, 0.2) is 11.6 Å². The van der Waals surface area contributed by atoms with Gasteiger partial charge in [0.1, 0.15) is 17.4 Å². The van der Waals surface area contributed by atoms with E-state index in [0.717, 1.165) is 25.7 Å². The number of rotatable bonds is 15. The summed E-state index contributed by atoms with van der Waals surface area (Å²) in [4.78, 5) is 67.2. The number of fused-ring (bicyclic) bond motifs is 3. The van der Waals surface area contributed by atoms with Gasteiger partial charge >= 0.3 is 5.97 Å². The first kappa shape index (κ1) is 40.8. The Kier molecular flexibility index (Phi) is 11.8. The number of methoxy groups -OCH3 is 1. The van der Waals surface area contributed by atoms with Gasteiger partial charge in [0, 0.05) is 55.2 Å². The molecule has 3 amide bonds. The van der Waals surface area contributed by atoms with Crippen LogP contribution in [0.25, 0.3) is 0 Å². The summed E-state index contributed by atoms with van der Waals surface area (Å²) >= 11 is 0. The number of hydrogen-bond acceptors (Lipinski definition) is 9. The van der Waals surface area contributed by atoms with E-state index in [2.05, 4.69) is 37.5 Å². The lowest BCUT2D eigenvalue weighted by molar-refractivity contribution is -0.154. The third kappa shape index (κ3) is 8.17. The summed E-state index contributed by atoms with van der Waals surface area (Å²) in [5, 5.41) is 6.53. The highest BCUT2D eigenvalue weighted by Gasteiger charge is 2.72. The second-order valence-electron chi connectivity index (χ2n) is 18.7. The zero-order valence-electron chi connectivity index (χ0n) is 33.8. The number of likely N-dealkylation sites (tertiary alicyclic amines) is 1. The number of carbonyl (C=O) groups is 5. The normalized spacial score (nSPS) is 36.7. The van der Waals surface area contributed by atoms with Gasteiger partial charge < -0.3 is 34.5 Å². The average molecular weight is 756 g/mol. The zero-order chi connectivity index (χ0) is 39.1. The van der Waals surface area contributed by atoms with Crippen LogP contribution in [-0.4, -0.2) is 103 Å². The number of nitrogens with zero attached hydrogens (tertiary/aromatic N) is 1. The summed E-state index contributed by atoms with van der Waals surface area (Å²) < 4.78 is 24.2. The van der Waals surface area contributed by atoms with Gasteiger partial charge in [0.2, 0.25) is 17.7 Å². The predicted octanol–water partition coefficient (Wildman–Crippen LogP) is 4.96. The minimum Gasteiger partial charge on any atom is -0.464 e. The van der Waals surface area contributed by atoms with Crippen molar-refractivity contribution in [3.63, 3.8) is 0 Å². The van der Waals surface area contributed by atoms with E-state index in [1.54, 1.807) is 12.0 Å². The second kappa shape index (κ2) is 15.6. The number of carbonyl (C=O) groups excluding carboxylic acids is 5. The Balaban J connectivity index is 0.935. The third-order valence-corrected chi connectivity index (χ3v) is 13.9.